The fourth-order valence-corrected chi connectivity index (χ4v) is 6.61. The summed E-state index contributed by atoms with van der Waals surface area (Å²) in [4.78, 5) is 38.5. The monoisotopic (exact) mass is 607 g/mol. The molecule has 0 aliphatic heterocycles. The second-order valence-corrected chi connectivity index (χ2v) is 14.9. The molecule has 0 atom stereocenters. The molecule has 0 bridgehead atoms. The molecule has 0 rings (SSSR count). The highest BCUT2D eigenvalue weighted by Gasteiger charge is 2.28. The third-order valence-electron chi connectivity index (χ3n) is 5.58. The second kappa shape index (κ2) is 21.8. The van der Waals surface area contributed by atoms with Crippen molar-refractivity contribution < 1.29 is 33.0 Å². The molecule has 0 spiro atoms. The quantitative estimate of drug-likeness (QED) is 0.187. The van der Waals surface area contributed by atoms with Gasteiger partial charge in [0, 0.05) is 54.4 Å². The van der Waals surface area contributed by atoms with Crippen molar-refractivity contribution in [1.29, 1.82) is 0 Å². The van der Waals surface area contributed by atoms with Crippen LogP contribution in [0, 0.1) is 0 Å². The first-order chi connectivity index (χ1) is 17.1. The zero-order valence-corrected chi connectivity index (χ0v) is 30.2. The SMILES string of the molecule is CC(C)N(C(C)C)C(C)C.CC(C)N(C(C)C)C(C)C.CC(C)N(C(C)C)C(C)C.O=P(O)(O)OP(=O)(O)O. The van der Waals surface area contributed by atoms with Gasteiger partial charge in [0.2, 0.25) is 0 Å². The van der Waals surface area contributed by atoms with Gasteiger partial charge in [0.15, 0.2) is 0 Å². The average Bonchev–Trinajstić information content (AvgIpc) is 2.56. The Balaban J connectivity index is -0.000000210. The summed E-state index contributed by atoms with van der Waals surface area (Å²) in [6.07, 6.45) is 0. The summed E-state index contributed by atoms with van der Waals surface area (Å²) in [7, 11) is -10.1. The molecular weight excluding hydrogens is 540 g/mol. The van der Waals surface area contributed by atoms with E-state index in [1.807, 2.05) is 0 Å². The van der Waals surface area contributed by atoms with Gasteiger partial charge in [-0.2, -0.15) is 4.31 Å². The van der Waals surface area contributed by atoms with Crippen LogP contribution in [0.2, 0.25) is 0 Å². The highest BCUT2D eigenvalue weighted by molar-refractivity contribution is 7.60. The highest BCUT2D eigenvalue weighted by Crippen LogP contribution is 2.53. The Labute approximate surface area is 242 Å². The van der Waals surface area contributed by atoms with Crippen molar-refractivity contribution in [2.75, 3.05) is 0 Å². The number of hydrogen-bond donors (Lipinski definition) is 4. The fraction of sp³-hybridized carbons (Fsp3) is 1.00. The minimum absolute atomic E-state index is 0.667. The third kappa shape index (κ3) is 28.1. The van der Waals surface area contributed by atoms with Gasteiger partial charge in [-0.05, 0) is 125 Å². The number of rotatable bonds is 11. The molecule has 39 heavy (non-hydrogen) atoms. The number of hydrogen-bond acceptors (Lipinski definition) is 6. The van der Waals surface area contributed by atoms with Gasteiger partial charge in [0.25, 0.3) is 0 Å². The molecule has 0 amide bonds. The zero-order valence-electron chi connectivity index (χ0n) is 28.4. The van der Waals surface area contributed by atoms with Gasteiger partial charge in [-0.25, -0.2) is 9.13 Å². The van der Waals surface area contributed by atoms with Gasteiger partial charge < -0.3 is 19.6 Å². The first-order valence-corrected chi connectivity index (χ1v) is 17.3. The molecule has 0 aromatic carbocycles. The second-order valence-electron chi connectivity index (χ2n) is 12.2. The van der Waals surface area contributed by atoms with Gasteiger partial charge in [0.1, 0.15) is 0 Å². The topological polar surface area (TPSA) is 134 Å². The molecule has 0 aliphatic rings. The Hall–Kier alpha value is 0.140. The third-order valence-corrected chi connectivity index (χ3v) is 7.28. The summed E-state index contributed by atoms with van der Waals surface area (Å²) in [5.74, 6) is 0. The lowest BCUT2D eigenvalue weighted by molar-refractivity contribution is 0.132. The van der Waals surface area contributed by atoms with Crippen molar-refractivity contribution in [3.05, 3.63) is 0 Å². The molecule has 0 aliphatic carbocycles. The Bertz CT molecular complexity index is 540. The smallest absolute Gasteiger partial charge is 0.302 e. The van der Waals surface area contributed by atoms with E-state index >= 15 is 0 Å². The van der Waals surface area contributed by atoms with Crippen LogP contribution in [-0.2, 0) is 13.4 Å². The van der Waals surface area contributed by atoms with E-state index in [0.717, 1.165) is 0 Å². The Kier molecular flexibility index (Phi) is 25.8. The summed E-state index contributed by atoms with van der Waals surface area (Å²) >= 11 is 0. The van der Waals surface area contributed by atoms with Crippen LogP contribution in [-0.4, -0.2) is 88.6 Å². The molecule has 0 saturated carbocycles. The first-order valence-electron chi connectivity index (χ1n) is 14.2. The van der Waals surface area contributed by atoms with Crippen LogP contribution in [0.3, 0.4) is 0 Å². The maximum Gasteiger partial charge on any atom is 0.478 e. The van der Waals surface area contributed by atoms with E-state index in [1.165, 1.54) is 0 Å². The minimum Gasteiger partial charge on any atom is -0.302 e. The van der Waals surface area contributed by atoms with E-state index in [4.69, 9.17) is 19.6 Å². The molecule has 0 unspecified atom stereocenters. The van der Waals surface area contributed by atoms with Crippen LogP contribution in [0.1, 0.15) is 125 Å². The normalized spacial score (nSPS) is 12.9. The molecule has 12 heteroatoms. The lowest BCUT2D eigenvalue weighted by Gasteiger charge is -2.34. The van der Waals surface area contributed by atoms with Crippen LogP contribution >= 0.6 is 15.6 Å². The van der Waals surface area contributed by atoms with E-state index in [1.54, 1.807) is 0 Å². The lowest BCUT2D eigenvalue weighted by atomic mass is 10.2. The van der Waals surface area contributed by atoms with E-state index in [2.05, 4.69) is 144 Å². The Morgan fingerprint density at radius 3 is 0.462 bits per heavy atom. The summed E-state index contributed by atoms with van der Waals surface area (Å²) in [5.41, 5.74) is 0. The summed E-state index contributed by atoms with van der Waals surface area (Å²) < 4.78 is 22.2. The standard InChI is InChI=1S/3C9H21N.H4O7P2/c3*1-7(2)10(8(3)4)9(5)6;1-8(2,3)7-9(4,5)6/h3*7-9H,1-6H3;(H2,1,2,3)(H2,4,5,6). The van der Waals surface area contributed by atoms with Gasteiger partial charge in [-0.15, -0.1) is 0 Å². The maximum atomic E-state index is 9.63. The summed E-state index contributed by atoms with van der Waals surface area (Å²) in [6, 6.07) is 6.00. The molecule has 10 nitrogen and oxygen atoms in total. The predicted molar refractivity (Wildman–Crippen MR) is 167 cm³/mol. The molecule has 4 N–H and O–H groups in total. The largest absolute Gasteiger partial charge is 0.478 e. The number of phosphoric acid groups is 2. The van der Waals surface area contributed by atoms with Crippen LogP contribution in [0.4, 0.5) is 0 Å². The van der Waals surface area contributed by atoms with Crippen molar-refractivity contribution in [3.8, 4) is 0 Å². The van der Waals surface area contributed by atoms with Crippen LogP contribution in [0.15, 0.2) is 0 Å². The average molecular weight is 608 g/mol. The molecule has 0 aromatic heterocycles. The van der Waals surface area contributed by atoms with Crippen LogP contribution < -0.4 is 0 Å². The maximum absolute atomic E-state index is 9.63. The fourth-order valence-electron chi connectivity index (χ4n) is 5.51. The van der Waals surface area contributed by atoms with Gasteiger partial charge >= 0.3 is 15.6 Å². The van der Waals surface area contributed by atoms with Gasteiger partial charge in [-0.3, -0.25) is 14.7 Å². The van der Waals surface area contributed by atoms with Crippen molar-refractivity contribution in [2.24, 2.45) is 0 Å². The lowest BCUT2D eigenvalue weighted by Crippen LogP contribution is -2.42. The van der Waals surface area contributed by atoms with Crippen molar-refractivity contribution in [3.63, 3.8) is 0 Å². The minimum atomic E-state index is -5.05. The van der Waals surface area contributed by atoms with E-state index in [9.17, 15) is 9.13 Å². The van der Waals surface area contributed by atoms with Gasteiger partial charge in [0.05, 0.1) is 0 Å². The van der Waals surface area contributed by atoms with Crippen molar-refractivity contribution in [2.45, 2.75) is 179 Å². The molecule has 0 heterocycles. The Morgan fingerprint density at radius 2 is 0.462 bits per heavy atom. The van der Waals surface area contributed by atoms with Crippen LogP contribution in [0.25, 0.3) is 0 Å². The highest BCUT2D eigenvalue weighted by atomic mass is 31.3. The molecule has 0 fully saturated rings. The van der Waals surface area contributed by atoms with Crippen molar-refractivity contribution >= 4 is 15.6 Å². The van der Waals surface area contributed by atoms with Crippen LogP contribution in [0.5, 0.6) is 0 Å². The molecule has 0 aromatic rings. The summed E-state index contributed by atoms with van der Waals surface area (Å²) in [6.45, 7) is 40.5. The molecular formula is C27H67N3O7P2. The molecule has 242 valence electrons. The molecule has 0 radical (unpaired) electrons. The van der Waals surface area contributed by atoms with E-state index in [0.29, 0.717) is 54.4 Å². The van der Waals surface area contributed by atoms with Gasteiger partial charge in [-0.1, -0.05) is 0 Å². The Morgan fingerprint density at radius 1 is 0.359 bits per heavy atom. The predicted octanol–water partition coefficient (Wildman–Crippen LogP) is 6.73. The molecule has 0 saturated heterocycles. The zero-order chi connectivity index (χ0) is 32.6. The van der Waals surface area contributed by atoms with Crippen molar-refractivity contribution in [1.82, 2.24) is 14.7 Å². The first kappa shape index (κ1) is 46.1. The van der Waals surface area contributed by atoms with E-state index < -0.39 is 15.6 Å². The summed E-state index contributed by atoms with van der Waals surface area (Å²) in [5, 5.41) is 0. The number of nitrogens with zero attached hydrogens (tertiary/aromatic N) is 3. The van der Waals surface area contributed by atoms with E-state index in [-0.39, 0.29) is 0 Å².